The van der Waals surface area contributed by atoms with Gasteiger partial charge >= 0.3 is 0 Å². The lowest BCUT2D eigenvalue weighted by atomic mass is 10.1. The molecule has 0 aromatic carbocycles. The minimum Gasteiger partial charge on any atom is -0.468 e. The Bertz CT molecular complexity index is 430. The molecule has 110 valence electrons. The number of fused-ring (bicyclic) bond motifs is 1. The van der Waals surface area contributed by atoms with Gasteiger partial charge in [0.2, 0.25) is 0 Å². The molecule has 3 fully saturated rings. The molecule has 0 unspecified atom stereocenters. The van der Waals surface area contributed by atoms with Crippen molar-refractivity contribution in [3.8, 4) is 0 Å². The van der Waals surface area contributed by atoms with Gasteiger partial charge < -0.3 is 9.15 Å². The van der Waals surface area contributed by atoms with Crippen LogP contribution in [0.1, 0.15) is 25.0 Å². The van der Waals surface area contributed by atoms with Crippen molar-refractivity contribution < 1.29 is 9.15 Å². The lowest BCUT2D eigenvalue weighted by molar-refractivity contribution is 0.0506. The predicted octanol–water partition coefficient (Wildman–Crippen LogP) is 1.96. The van der Waals surface area contributed by atoms with E-state index in [-0.39, 0.29) is 0 Å². The molecule has 4 heteroatoms. The van der Waals surface area contributed by atoms with Gasteiger partial charge in [-0.1, -0.05) is 0 Å². The average molecular weight is 276 g/mol. The minimum absolute atomic E-state index is 0.476. The molecule has 0 radical (unpaired) electrons. The molecule has 0 N–H and O–H groups in total. The van der Waals surface area contributed by atoms with Crippen LogP contribution < -0.4 is 0 Å². The highest BCUT2D eigenvalue weighted by atomic mass is 16.5. The summed E-state index contributed by atoms with van der Waals surface area (Å²) in [4.78, 5) is 5.14. The Hall–Kier alpha value is -0.840. The quantitative estimate of drug-likeness (QED) is 0.822. The second-order valence-corrected chi connectivity index (χ2v) is 6.60. The summed E-state index contributed by atoms with van der Waals surface area (Å²) in [6.07, 6.45) is 6.22. The number of nitrogens with zero attached hydrogens (tertiary/aromatic N) is 2. The third-order valence-corrected chi connectivity index (χ3v) is 4.89. The summed E-state index contributed by atoms with van der Waals surface area (Å²) in [6, 6.07) is 4.73. The Labute approximate surface area is 120 Å². The van der Waals surface area contributed by atoms with E-state index in [1.165, 1.54) is 25.8 Å². The molecule has 0 bridgehead atoms. The van der Waals surface area contributed by atoms with Gasteiger partial charge in [0.15, 0.2) is 0 Å². The lowest BCUT2D eigenvalue weighted by Crippen LogP contribution is -2.49. The molecular weight excluding hydrogens is 252 g/mol. The zero-order chi connectivity index (χ0) is 13.4. The number of ether oxygens (including phenoxy) is 1. The molecule has 1 aromatic heterocycles. The van der Waals surface area contributed by atoms with Crippen LogP contribution in [0.5, 0.6) is 0 Å². The molecule has 4 nitrogen and oxygen atoms in total. The SMILES string of the molecule is c1coc(CN2CCN3C[C@H](OCC4CC4)C[C@@H]3C2)c1. The molecule has 0 spiro atoms. The zero-order valence-electron chi connectivity index (χ0n) is 12.0. The summed E-state index contributed by atoms with van der Waals surface area (Å²) in [6.45, 7) is 6.57. The molecule has 1 saturated carbocycles. The van der Waals surface area contributed by atoms with Gasteiger partial charge in [-0.15, -0.1) is 0 Å². The van der Waals surface area contributed by atoms with E-state index in [4.69, 9.17) is 9.15 Å². The van der Waals surface area contributed by atoms with Crippen LogP contribution in [0.25, 0.3) is 0 Å². The molecule has 1 aliphatic carbocycles. The fourth-order valence-corrected chi connectivity index (χ4v) is 3.50. The molecule has 3 aliphatic rings. The van der Waals surface area contributed by atoms with E-state index < -0.39 is 0 Å². The van der Waals surface area contributed by atoms with E-state index in [9.17, 15) is 0 Å². The van der Waals surface area contributed by atoms with Crippen LogP contribution in [0.2, 0.25) is 0 Å². The molecule has 20 heavy (non-hydrogen) atoms. The van der Waals surface area contributed by atoms with E-state index in [0.717, 1.165) is 44.5 Å². The van der Waals surface area contributed by atoms with Gasteiger partial charge in [-0.2, -0.15) is 0 Å². The number of piperazine rings is 1. The van der Waals surface area contributed by atoms with Gasteiger partial charge in [-0.05, 0) is 37.3 Å². The summed E-state index contributed by atoms with van der Waals surface area (Å²) in [5.74, 6) is 1.96. The van der Waals surface area contributed by atoms with Crippen molar-refractivity contribution in [2.75, 3.05) is 32.8 Å². The first-order valence-corrected chi connectivity index (χ1v) is 7.97. The fraction of sp³-hybridized carbons (Fsp3) is 0.750. The van der Waals surface area contributed by atoms with Gasteiger partial charge in [0.25, 0.3) is 0 Å². The molecular formula is C16H24N2O2. The monoisotopic (exact) mass is 276 g/mol. The van der Waals surface area contributed by atoms with Crippen LogP contribution in [0, 0.1) is 5.92 Å². The average Bonchev–Trinajstić information content (AvgIpc) is 2.97. The maximum absolute atomic E-state index is 6.08. The highest BCUT2D eigenvalue weighted by Gasteiger charge is 2.37. The summed E-state index contributed by atoms with van der Waals surface area (Å²) in [7, 11) is 0. The van der Waals surface area contributed by atoms with Gasteiger partial charge in [0, 0.05) is 38.8 Å². The maximum atomic E-state index is 6.08. The standard InChI is InChI=1S/C16H24N2O2/c1-2-15(19-7-1)10-17-5-6-18-11-16(8-14(18)9-17)20-12-13-3-4-13/h1-2,7,13-14,16H,3-6,8-12H2/t14-,16-/m1/s1. The van der Waals surface area contributed by atoms with Gasteiger partial charge in [0.1, 0.15) is 5.76 Å². The molecule has 3 heterocycles. The van der Waals surface area contributed by atoms with Crippen molar-refractivity contribution in [2.45, 2.75) is 38.0 Å². The lowest BCUT2D eigenvalue weighted by Gasteiger charge is -2.36. The highest BCUT2D eigenvalue weighted by Crippen LogP contribution is 2.31. The fourth-order valence-electron chi connectivity index (χ4n) is 3.50. The van der Waals surface area contributed by atoms with Crippen molar-refractivity contribution in [3.05, 3.63) is 24.2 Å². The summed E-state index contributed by atoms with van der Waals surface area (Å²) >= 11 is 0. The van der Waals surface area contributed by atoms with E-state index >= 15 is 0 Å². The van der Waals surface area contributed by atoms with E-state index in [2.05, 4.69) is 15.9 Å². The zero-order valence-corrected chi connectivity index (χ0v) is 12.0. The number of hydrogen-bond donors (Lipinski definition) is 0. The van der Waals surface area contributed by atoms with Crippen molar-refractivity contribution >= 4 is 0 Å². The van der Waals surface area contributed by atoms with Crippen LogP contribution >= 0.6 is 0 Å². The minimum atomic E-state index is 0.476. The summed E-state index contributed by atoms with van der Waals surface area (Å²) in [5, 5.41) is 0. The van der Waals surface area contributed by atoms with Crippen molar-refractivity contribution in [1.29, 1.82) is 0 Å². The predicted molar refractivity (Wildman–Crippen MR) is 76.4 cm³/mol. The molecule has 4 rings (SSSR count). The van der Waals surface area contributed by atoms with Gasteiger partial charge in [0.05, 0.1) is 18.9 Å². The van der Waals surface area contributed by atoms with Crippen molar-refractivity contribution in [3.63, 3.8) is 0 Å². The maximum Gasteiger partial charge on any atom is 0.117 e. The first kappa shape index (κ1) is 12.9. The Balaban J connectivity index is 1.28. The van der Waals surface area contributed by atoms with Crippen LogP contribution in [0.3, 0.4) is 0 Å². The second-order valence-electron chi connectivity index (χ2n) is 6.60. The molecule has 1 aromatic rings. The largest absolute Gasteiger partial charge is 0.468 e. The molecule has 2 aliphatic heterocycles. The number of rotatable bonds is 5. The number of hydrogen-bond acceptors (Lipinski definition) is 4. The van der Waals surface area contributed by atoms with Crippen LogP contribution in [0.4, 0.5) is 0 Å². The summed E-state index contributed by atoms with van der Waals surface area (Å²) in [5.41, 5.74) is 0. The Morgan fingerprint density at radius 2 is 2.20 bits per heavy atom. The summed E-state index contributed by atoms with van der Waals surface area (Å²) < 4.78 is 11.5. The highest BCUT2D eigenvalue weighted by molar-refractivity contribution is 5.00. The van der Waals surface area contributed by atoms with Crippen LogP contribution in [-0.4, -0.2) is 54.7 Å². The van der Waals surface area contributed by atoms with Crippen molar-refractivity contribution in [2.24, 2.45) is 5.92 Å². The topological polar surface area (TPSA) is 28.9 Å². The Kier molecular flexibility index (Phi) is 3.54. The van der Waals surface area contributed by atoms with Crippen LogP contribution in [0.15, 0.2) is 22.8 Å². The van der Waals surface area contributed by atoms with Gasteiger partial charge in [-0.25, -0.2) is 0 Å². The molecule has 2 saturated heterocycles. The molecule has 2 atom stereocenters. The van der Waals surface area contributed by atoms with E-state index in [0.29, 0.717) is 12.1 Å². The normalized spacial score (nSPS) is 31.6. The first-order chi connectivity index (χ1) is 9.87. The Morgan fingerprint density at radius 3 is 3.00 bits per heavy atom. The van der Waals surface area contributed by atoms with E-state index in [1.54, 1.807) is 6.26 Å². The first-order valence-electron chi connectivity index (χ1n) is 7.97. The number of furan rings is 1. The third kappa shape index (κ3) is 2.92. The van der Waals surface area contributed by atoms with Crippen molar-refractivity contribution in [1.82, 2.24) is 9.80 Å². The third-order valence-electron chi connectivity index (χ3n) is 4.89. The smallest absolute Gasteiger partial charge is 0.117 e. The Morgan fingerprint density at radius 1 is 1.25 bits per heavy atom. The molecule has 0 amide bonds. The van der Waals surface area contributed by atoms with Crippen LogP contribution in [-0.2, 0) is 11.3 Å². The van der Waals surface area contributed by atoms with E-state index in [1.807, 2.05) is 6.07 Å². The van der Waals surface area contributed by atoms with Gasteiger partial charge in [-0.3, -0.25) is 9.80 Å². The second kappa shape index (κ2) is 5.51.